The fourth-order valence-corrected chi connectivity index (χ4v) is 7.59. The van der Waals surface area contributed by atoms with E-state index in [4.69, 9.17) is 33.2 Å². The zero-order valence-corrected chi connectivity index (χ0v) is 23.9. The normalized spacial score (nSPS) is 10.9. The monoisotopic (exact) mass is 578 g/mol. The SMILES string of the molecule is COCCOCOc1c(Br)cc(C)cc1P(c1c(OC)cccc1OC)c1c(OC)cccc1OC. The lowest BCUT2D eigenvalue weighted by Crippen LogP contribution is -2.27. The second-order valence-electron chi connectivity index (χ2n) is 7.62. The van der Waals surface area contributed by atoms with Crippen molar-refractivity contribution in [3.63, 3.8) is 0 Å². The van der Waals surface area contributed by atoms with Gasteiger partial charge in [0.05, 0.1) is 56.7 Å². The number of hydrogen-bond donors (Lipinski definition) is 0. The zero-order valence-electron chi connectivity index (χ0n) is 21.4. The lowest BCUT2D eigenvalue weighted by Gasteiger charge is -2.28. The van der Waals surface area contributed by atoms with Crippen molar-refractivity contribution < 1.29 is 33.2 Å². The van der Waals surface area contributed by atoms with Crippen LogP contribution in [0.2, 0.25) is 0 Å². The Morgan fingerprint density at radius 2 is 1.22 bits per heavy atom. The van der Waals surface area contributed by atoms with Crippen molar-refractivity contribution in [1.29, 1.82) is 0 Å². The van der Waals surface area contributed by atoms with Crippen LogP contribution >= 0.6 is 23.9 Å². The van der Waals surface area contributed by atoms with E-state index in [1.54, 1.807) is 35.5 Å². The molecule has 0 unspecified atom stereocenters. The molecule has 0 aliphatic heterocycles. The summed E-state index contributed by atoms with van der Waals surface area (Å²) in [7, 11) is 6.87. The van der Waals surface area contributed by atoms with Gasteiger partial charge in [-0.25, -0.2) is 0 Å². The molecule has 0 aromatic heterocycles. The van der Waals surface area contributed by atoms with Crippen molar-refractivity contribution in [2.45, 2.75) is 6.92 Å². The van der Waals surface area contributed by atoms with E-state index in [1.807, 2.05) is 49.4 Å². The van der Waals surface area contributed by atoms with E-state index in [0.717, 1.165) is 25.9 Å². The minimum atomic E-state index is -1.37. The first-order valence-electron chi connectivity index (χ1n) is 11.2. The number of rotatable bonds is 13. The first kappa shape index (κ1) is 28.1. The smallest absolute Gasteiger partial charge is 0.189 e. The number of halogens is 1. The Labute approximate surface area is 222 Å². The Balaban J connectivity index is 2.34. The molecule has 0 radical (unpaired) electrons. The van der Waals surface area contributed by atoms with E-state index < -0.39 is 7.92 Å². The summed E-state index contributed by atoms with van der Waals surface area (Å²) < 4.78 is 41.1. The molecule has 194 valence electrons. The summed E-state index contributed by atoms with van der Waals surface area (Å²) in [4.78, 5) is 0. The Kier molecular flexibility index (Phi) is 10.7. The summed E-state index contributed by atoms with van der Waals surface area (Å²) in [5.74, 6) is 3.41. The second kappa shape index (κ2) is 13.7. The van der Waals surface area contributed by atoms with Crippen molar-refractivity contribution in [3.8, 4) is 28.7 Å². The maximum atomic E-state index is 6.22. The first-order valence-corrected chi connectivity index (χ1v) is 13.4. The molecule has 0 heterocycles. The summed E-state index contributed by atoms with van der Waals surface area (Å²) >= 11 is 3.72. The van der Waals surface area contributed by atoms with Gasteiger partial charge in [0.1, 0.15) is 28.7 Å². The van der Waals surface area contributed by atoms with Gasteiger partial charge in [0.2, 0.25) is 0 Å². The van der Waals surface area contributed by atoms with E-state index >= 15 is 0 Å². The molecule has 0 saturated heterocycles. The Hall–Kier alpha value is -2.51. The average molecular weight is 579 g/mol. The van der Waals surface area contributed by atoms with Crippen molar-refractivity contribution in [1.82, 2.24) is 0 Å². The summed E-state index contributed by atoms with van der Waals surface area (Å²) in [6, 6.07) is 15.6. The number of ether oxygens (including phenoxy) is 7. The van der Waals surface area contributed by atoms with E-state index in [1.165, 1.54) is 0 Å². The summed E-state index contributed by atoms with van der Waals surface area (Å²) in [6.45, 7) is 3.01. The molecule has 9 heteroatoms. The van der Waals surface area contributed by atoms with Crippen LogP contribution in [0.15, 0.2) is 53.0 Å². The molecule has 0 atom stereocenters. The van der Waals surface area contributed by atoms with Crippen LogP contribution in [-0.2, 0) is 9.47 Å². The predicted molar refractivity (Wildman–Crippen MR) is 147 cm³/mol. The molecule has 7 nitrogen and oxygen atoms in total. The molecule has 0 amide bonds. The maximum Gasteiger partial charge on any atom is 0.189 e. The number of hydrogen-bond acceptors (Lipinski definition) is 7. The molecular formula is C27H32BrO7P. The van der Waals surface area contributed by atoms with Crippen molar-refractivity contribution >= 4 is 39.8 Å². The number of aryl methyl sites for hydroxylation is 1. The lowest BCUT2D eigenvalue weighted by atomic mass is 10.2. The fraction of sp³-hybridized carbons (Fsp3) is 0.333. The lowest BCUT2D eigenvalue weighted by molar-refractivity contribution is -0.00832. The van der Waals surface area contributed by atoms with Crippen LogP contribution in [0.5, 0.6) is 28.7 Å². The van der Waals surface area contributed by atoms with Crippen LogP contribution in [0.1, 0.15) is 5.56 Å². The van der Waals surface area contributed by atoms with E-state index in [-0.39, 0.29) is 6.79 Å². The molecular weight excluding hydrogens is 547 g/mol. The number of methoxy groups -OCH3 is 5. The van der Waals surface area contributed by atoms with Gasteiger partial charge in [-0.05, 0) is 64.8 Å². The second-order valence-corrected chi connectivity index (χ2v) is 10.5. The molecule has 0 aliphatic rings. The minimum Gasteiger partial charge on any atom is -0.496 e. The third kappa shape index (κ3) is 6.24. The van der Waals surface area contributed by atoms with Crippen LogP contribution in [0, 0.1) is 6.92 Å². The Morgan fingerprint density at radius 3 is 1.67 bits per heavy atom. The van der Waals surface area contributed by atoms with Crippen LogP contribution in [0.3, 0.4) is 0 Å². The van der Waals surface area contributed by atoms with Gasteiger partial charge in [-0.3, -0.25) is 0 Å². The predicted octanol–water partition coefficient (Wildman–Crippen LogP) is 4.55. The third-order valence-corrected chi connectivity index (χ3v) is 8.56. The summed E-state index contributed by atoms with van der Waals surface area (Å²) in [5.41, 5.74) is 1.06. The van der Waals surface area contributed by atoms with Crippen LogP contribution in [0.4, 0.5) is 0 Å². The molecule has 0 saturated carbocycles. The maximum absolute atomic E-state index is 6.22. The highest BCUT2D eigenvalue weighted by Gasteiger charge is 2.33. The highest BCUT2D eigenvalue weighted by molar-refractivity contribution is 9.10. The highest BCUT2D eigenvalue weighted by atomic mass is 79.9. The highest BCUT2D eigenvalue weighted by Crippen LogP contribution is 2.48. The van der Waals surface area contributed by atoms with Gasteiger partial charge in [0.25, 0.3) is 0 Å². The minimum absolute atomic E-state index is 0.0628. The quantitative estimate of drug-likeness (QED) is 0.167. The first-order chi connectivity index (χ1) is 17.5. The van der Waals surface area contributed by atoms with Crippen LogP contribution in [0.25, 0.3) is 0 Å². The van der Waals surface area contributed by atoms with Gasteiger partial charge >= 0.3 is 0 Å². The average Bonchev–Trinajstić information content (AvgIpc) is 2.89. The topological polar surface area (TPSA) is 64.6 Å². The van der Waals surface area contributed by atoms with Gasteiger partial charge in [-0.15, -0.1) is 0 Å². The Morgan fingerprint density at radius 1 is 0.722 bits per heavy atom. The molecule has 0 aliphatic carbocycles. The summed E-state index contributed by atoms with van der Waals surface area (Å²) in [5, 5.41) is 2.68. The van der Waals surface area contributed by atoms with Gasteiger partial charge < -0.3 is 33.2 Å². The van der Waals surface area contributed by atoms with Crippen LogP contribution < -0.4 is 39.6 Å². The molecule has 36 heavy (non-hydrogen) atoms. The van der Waals surface area contributed by atoms with Crippen LogP contribution in [-0.4, -0.2) is 55.6 Å². The standard InChI is InChI=1S/C27H32BrO7P/c1-18-15-19(28)25(35-17-34-14-13-29-2)24(16-18)36(26-20(30-3)9-7-10-21(26)31-4)27-22(32-5)11-8-12-23(27)33-6/h7-12,15-16H,13-14,17H2,1-6H3. The molecule has 0 N–H and O–H groups in total. The third-order valence-electron chi connectivity index (χ3n) is 5.38. The molecule has 0 fully saturated rings. The van der Waals surface area contributed by atoms with Gasteiger partial charge in [0, 0.05) is 20.3 Å². The number of benzene rings is 3. The van der Waals surface area contributed by atoms with Crippen molar-refractivity contribution in [2.75, 3.05) is 55.6 Å². The molecule has 0 bridgehead atoms. The van der Waals surface area contributed by atoms with Gasteiger partial charge in [-0.1, -0.05) is 12.1 Å². The summed E-state index contributed by atoms with van der Waals surface area (Å²) in [6.07, 6.45) is 0. The Bertz CT molecular complexity index is 1060. The fourth-order valence-electron chi connectivity index (χ4n) is 3.78. The molecule has 0 spiro atoms. The molecule has 3 aromatic rings. The zero-order chi connectivity index (χ0) is 26.1. The van der Waals surface area contributed by atoms with Crippen molar-refractivity contribution in [2.24, 2.45) is 0 Å². The van der Waals surface area contributed by atoms with Gasteiger partial charge in [-0.2, -0.15) is 0 Å². The van der Waals surface area contributed by atoms with E-state index in [0.29, 0.717) is 42.0 Å². The molecule has 3 aromatic carbocycles. The van der Waals surface area contributed by atoms with E-state index in [9.17, 15) is 0 Å². The van der Waals surface area contributed by atoms with Gasteiger partial charge in [0.15, 0.2) is 6.79 Å². The van der Waals surface area contributed by atoms with Crippen molar-refractivity contribution in [3.05, 3.63) is 58.6 Å². The molecule has 3 rings (SSSR count). The van der Waals surface area contributed by atoms with E-state index in [2.05, 4.69) is 22.0 Å². The largest absolute Gasteiger partial charge is 0.496 e.